The van der Waals surface area contributed by atoms with Gasteiger partial charge in [0.1, 0.15) is 17.8 Å². The lowest BCUT2D eigenvalue weighted by Crippen LogP contribution is -2.18. The molecule has 0 aliphatic rings. The minimum absolute atomic E-state index is 0.206. The van der Waals surface area contributed by atoms with E-state index < -0.39 is 0 Å². The molecule has 0 amide bonds. The van der Waals surface area contributed by atoms with Crippen molar-refractivity contribution in [1.29, 1.82) is 0 Å². The Morgan fingerprint density at radius 1 is 0.946 bits per heavy atom. The van der Waals surface area contributed by atoms with Crippen molar-refractivity contribution in [2.75, 3.05) is 26.7 Å². The fourth-order valence-corrected chi connectivity index (χ4v) is 4.43. The maximum atomic E-state index is 11.0. The van der Waals surface area contributed by atoms with Crippen molar-refractivity contribution in [1.82, 2.24) is 9.88 Å². The van der Waals surface area contributed by atoms with Crippen LogP contribution in [0.1, 0.15) is 83.7 Å². The lowest BCUT2D eigenvalue weighted by atomic mass is 9.78. The van der Waals surface area contributed by atoms with Gasteiger partial charge < -0.3 is 19.2 Å². The van der Waals surface area contributed by atoms with Crippen molar-refractivity contribution in [3.05, 3.63) is 65.0 Å². The van der Waals surface area contributed by atoms with Crippen molar-refractivity contribution in [2.24, 2.45) is 0 Å². The molecule has 1 aromatic heterocycles. The van der Waals surface area contributed by atoms with Crippen LogP contribution in [-0.2, 0) is 23.7 Å². The number of nitrogens with zero attached hydrogens (tertiary/aromatic N) is 2. The first-order valence-corrected chi connectivity index (χ1v) is 13.6. The van der Waals surface area contributed by atoms with Gasteiger partial charge in [0.25, 0.3) is 0 Å². The first kappa shape index (κ1) is 28.8. The molecule has 2 aromatic carbocycles. The third-order valence-electron chi connectivity index (χ3n) is 6.89. The van der Waals surface area contributed by atoms with Gasteiger partial charge in [0.15, 0.2) is 0 Å². The van der Waals surface area contributed by atoms with Gasteiger partial charge in [-0.1, -0.05) is 66.7 Å². The van der Waals surface area contributed by atoms with Gasteiger partial charge in [-0.15, -0.1) is 0 Å². The Labute approximate surface area is 223 Å². The van der Waals surface area contributed by atoms with E-state index in [4.69, 9.17) is 14.1 Å². The number of ether oxygens (including phenoxy) is 1. The van der Waals surface area contributed by atoms with Crippen molar-refractivity contribution in [3.8, 4) is 23.0 Å². The number of benzene rings is 2. The van der Waals surface area contributed by atoms with Crippen molar-refractivity contribution in [2.45, 2.75) is 85.0 Å². The highest BCUT2D eigenvalue weighted by atomic mass is 16.5. The highest BCUT2D eigenvalue weighted by Gasteiger charge is 2.27. The lowest BCUT2D eigenvalue weighted by molar-refractivity contribution is 0.315. The van der Waals surface area contributed by atoms with Gasteiger partial charge in [-0.25, -0.2) is 4.98 Å². The van der Waals surface area contributed by atoms with Gasteiger partial charge in [-0.3, -0.25) is 0 Å². The van der Waals surface area contributed by atoms with Crippen LogP contribution in [0.2, 0.25) is 0 Å². The fraction of sp³-hybridized carbons (Fsp3) is 0.531. The summed E-state index contributed by atoms with van der Waals surface area (Å²) in [6.45, 7) is 17.6. The first-order valence-electron chi connectivity index (χ1n) is 13.6. The van der Waals surface area contributed by atoms with Crippen molar-refractivity contribution < 1.29 is 14.3 Å². The van der Waals surface area contributed by atoms with Crippen LogP contribution < -0.4 is 4.74 Å². The Morgan fingerprint density at radius 2 is 1.59 bits per heavy atom. The zero-order valence-corrected chi connectivity index (χ0v) is 24.1. The molecule has 1 N–H and O–H groups in total. The number of para-hydroxylation sites is 1. The molecular formula is C32H46N2O3. The predicted octanol–water partition coefficient (Wildman–Crippen LogP) is 7.54. The highest BCUT2D eigenvalue weighted by molar-refractivity contribution is 5.63. The third kappa shape index (κ3) is 7.85. The maximum absolute atomic E-state index is 11.0. The number of rotatable bonds is 11. The van der Waals surface area contributed by atoms with Gasteiger partial charge >= 0.3 is 0 Å². The summed E-state index contributed by atoms with van der Waals surface area (Å²) in [4.78, 5) is 7.11. The van der Waals surface area contributed by atoms with E-state index in [2.05, 4.69) is 78.6 Å². The van der Waals surface area contributed by atoms with Crippen molar-refractivity contribution in [3.63, 3.8) is 0 Å². The second kappa shape index (κ2) is 12.2. The van der Waals surface area contributed by atoms with Crippen LogP contribution in [0.3, 0.4) is 0 Å². The molecular weight excluding hydrogens is 460 g/mol. The number of phenols is 1. The first-order chi connectivity index (χ1) is 17.4. The van der Waals surface area contributed by atoms with Gasteiger partial charge in [0.2, 0.25) is 5.89 Å². The topological polar surface area (TPSA) is 58.7 Å². The molecule has 3 aromatic rings. The number of aromatic nitrogens is 1. The summed E-state index contributed by atoms with van der Waals surface area (Å²) in [6, 6.07) is 12.3. The molecule has 202 valence electrons. The summed E-state index contributed by atoms with van der Waals surface area (Å²) in [6.07, 6.45) is 5.74. The molecule has 3 rings (SSSR count). The Morgan fingerprint density at radius 3 is 2.22 bits per heavy atom. The van der Waals surface area contributed by atoms with Crippen LogP contribution in [-0.4, -0.2) is 41.7 Å². The monoisotopic (exact) mass is 506 g/mol. The number of phenolic OH excluding ortho intramolecular Hbond substituents is 1. The van der Waals surface area contributed by atoms with Gasteiger partial charge in [-0.05, 0) is 74.0 Å². The summed E-state index contributed by atoms with van der Waals surface area (Å²) in [5.41, 5.74) is 4.39. The molecule has 0 fully saturated rings. The number of aromatic hydroxyl groups is 1. The summed E-state index contributed by atoms with van der Waals surface area (Å²) in [5, 5.41) is 11.0. The van der Waals surface area contributed by atoms with E-state index in [0.29, 0.717) is 24.7 Å². The second-order valence-corrected chi connectivity index (χ2v) is 12.1. The fourth-order valence-electron chi connectivity index (χ4n) is 4.43. The van der Waals surface area contributed by atoms with Crippen LogP contribution in [0, 0.1) is 0 Å². The SMILES string of the molecule is CCN(C)CCCCc1ccccc1OCCc1coc(-c2cc(C(C)(C)C)c(O)c(C(C)(C)C)c2)n1. The number of hydrogen-bond acceptors (Lipinski definition) is 5. The van der Waals surface area contributed by atoms with E-state index in [9.17, 15) is 5.11 Å². The Hall–Kier alpha value is -2.79. The quantitative estimate of drug-likeness (QED) is 0.272. The van der Waals surface area contributed by atoms with E-state index in [1.165, 1.54) is 12.0 Å². The summed E-state index contributed by atoms with van der Waals surface area (Å²) in [7, 11) is 2.17. The summed E-state index contributed by atoms with van der Waals surface area (Å²) in [5.74, 6) is 1.89. The Bertz CT molecular complexity index is 1120. The van der Waals surface area contributed by atoms with Crippen LogP contribution in [0.25, 0.3) is 11.5 Å². The number of oxazole rings is 1. The largest absolute Gasteiger partial charge is 0.507 e. The molecule has 0 unspecified atom stereocenters. The van der Waals surface area contributed by atoms with Crippen LogP contribution in [0.4, 0.5) is 0 Å². The average Bonchev–Trinajstić information content (AvgIpc) is 3.30. The van der Waals surface area contributed by atoms with Crippen LogP contribution in [0.5, 0.6) is 11.5 Å². The Kier molecular flexibility index (Phi) is 9.46. The molecule has 0 saturated heterocycles. The van der Waals surface area contributed by atoms with E-state index in [0.717, 1.165) is 54.1 Å². The molecule has 0 atom stereocenters. The van der Waals surface area contributed by atoms with E-state index in [1.807, 2.05) is 18.2 Å². The molecule has 0 radical (unpaired) electrons. The molecule has 0 aliphatic carbocycles. The van der Waals surface area contributed by atoms with Crippen molar-refractivity contribution >= 4 is 0 Å². The van der Waals surface area contributed by atoms with E-state index >= 15 is 0 Å². The van der Waals surface area contributed by atoms with E-state index in [-0.39, 0.29) is 10.8 Å². The highest BCUT2D eigenvalue weighted by Crippen LogP contribution is 2.41. The lowest BCUT2D eigenvalue weighted by Gasteiger charge is -2.27. The molecule has 5 heteroatoms. The second-order valence-electron chi connectivity index (χ2n) is 12.1. The van der Waals surface area contributed by atoms with Gasteiger partial charge in [0, 0.05) is 23.1 Å². The standard InChI is InChI=1S/C32H46N2O3/c1-9-34(8)18-13-12-15-23-14-10-11-16-28(23)36-19-17-25-22-37-30(33-25)24-20-26(31(2,3)4)29(35)27(21-24)32(5,6)7/h10-11,14,16,20-22,35H,9,12-13,15,17-19H2,1-8H3. The molecule has 0 spiro atoms. The minimum atomic E-state index is -0.206. The average molecular weight is 507 g/mol. The third-order valence-corrected chi connectivity index (χ3v) is 6.89. The van der Waals surface area contributed by atoms with Gasteiger partial charge in [0.05, 0.1) is 12.3 Å². The summed E-state index contributed by atoms with van der Waals surface area (Å²) >= 11 is 0. The summed E-state index contributed by atoms with van der Waals surface area (Å²) < 4.78 is 12.1. The molecule has 5 nitrogen and oxygen atoms in total. The molecule has 1 heterocycles. The number of unbranched alkanes of at least 4 members (excludes halogenated alkanes) is 1. The number of aryl methyl sites for hydroxylation is 1. The normalized spacial score (nSPS) is 12.4. The minimum Gasteiger partial charge on any atom is -0.507 e. The molecule has 37 heavy (non-hydrogen) atoms. The maximum Gasteiger partial charge on any atom is 0.226 e. The zero-order chi connectivity index (χ0) is 27.2. The molecule has 0 saturated carbocycles. The Balaban J connectivity index is 1.67. The van der Waals surface area contributed by atoms with E-state index in [1.54, 1.807) is 6.26 Å². The molecule has 0 bridgehead atoms. The van der Waals surface area contributed by atoms with Gasteiger partial charge in [-0.2, -0.15) is 0 Å². The molecule has 0 aliphatic heterocycles. The zero-order valence-electron chi connectivity index (χ0n) is 24.1. The smallest absolute Gasteiger partial charge is 0.226 e. The predicted molar refractivity (Wildman–Crippen MR) is 153 cm³/mol. The number of hydrogen-bond donors (Lipinski definition) is 1. The van der Waals surface area contributed by atoms with Crippen LogP contribution >= 0.6 is 0 Å². The van der Waals surface area contributed by atoms with Crippen LogP contribution in [0.15, 0.2) is 47.1 Å².